The van der Waals surface area contributed by atoms with Gasteiger partial charge in [0.2, 0.25) is 0 Å². The normalized spacial score (nSPS) is 10.6. The monoisotopic (exact) mass is 440 g/mol. The van der Waals surface area contributed by atoms with Crippen molar-refractivity contribution >= 4 is 44.0 Å². The number of carbonyl (C=O) groups is 1. The van der Waals surface area contributed by atoms with E-state index in [0.717, 1.165) is 14.5 Å². The van der Waals surface area contributed by atoms with Crippen molar-refractivity contribution in [3.63, 3.8) is 0 Å². The summed E-state index contributed by atoms with van der Waals surface area (Å²) in [6.45, 7) is -0.118. The molecule has 0 aromatic heterocycles. The summed E-state index contributed by atoms with van der Waals surface area (Å²) in [5.74, 6) is 0.966. The highest BCUT2D eigenvalue weighted by atomic mass is 79.9. The molecule has 0 heterocycles. The van der Waals surface area contributed by atoms with Crippen LogP contribution in [-0.4, -0.2) is 25.8 Å². The van der Waals surface area contributed by atoms with Crippen LogP contribution in [0.4, 0.5) is 0 Å². The summed E-state index contributed by atoms with van der Waals surface area (Å²) in [6.07, 6.45) is 1.53. The highest BCUT2D eigenvalue weighted by Crippen LogP contribution is 2.21. The number of benzene rings is 2. The van der Waals surface area contributed by atoms with Crippen LogP contribution in [0.2, 0.25) is 0 Å². The fraction of sp³-hybridized carbons (Fsp3) is 0.125. The molecule has 1 amide bonds. The molecule has 0 radical (unpaired) electrons. The van der Waals surface area contributed by atoms with Gasteiger partial charge in [-0.2, -0.15) is 5.10 Å². The summed E-state index contributed by atoms with van der Waals surface area (Å²) in [5.41, 5.74) is 3.20. The van der Waals surface area contributed by atoms with Crippen LogP contribution in [0, 0.1) is 0 Å². The Labute approximate surface area is 150 Å². The predicted octanol–water partition coefficient (Wildman–Crippen LogP) is 3.75. The molecule has 0 fully saturated rings. The van der Waals surface area contributed by atoms with Gasteiger partial charge in [-0.3, -0.25) is 4.79 Å². The van der Waals surface area contributed by atoms with Crippen LogP contribution in [0.15, 0.2) is 56.5 Å². The van der Waals surface area contributed by atoms with Gasteiger partial charge in [-0.1, -0.05) is 37.9 Å². The quantitative estimate of drug-likeness (QED) is 0.548. The molecule has 0 unspecified atom stereocenters. The summed E-state index contributed by atoms with van der Waals surface area (Å²) < 4.78 is 12.2. The number of nitrogens with zero attached hydrogens (tertiary/aromatic N) is 1. The third-order valence-corrected chi connectivity index (χ3v) is 3.98. The van der Waals surface area contributed by atoms with Crippen molar-refractivity contribution in [2.24, 2.45) is 5.10 Å². The lowest BCUT2D eigenvalue weighted by Gasteiger charge is -2.05. The number of methoxy groups -OCH3 is 1. The third-order valence-electron chi connectivity index (χ3n) is 2.76. The number of rotatable bonds is 6. The second-order valence-corrected chi connectivity index (χ2v) is 6.20. The first-order valence-corrected chi connectivity index (χ1v) is 8.21. The number of halogens is 2. The number of hydrazone groups is 1. The van der Waals surface area contributed by atoms with Crippen LogP contribution in [0.25, 0.3) is 0 Å². The molecule has 7 heteroatoms. The number of nitrogens with one attached hydrogen (secondary N) is 1. The SMILES string of the molecule is COc1ccc(Br)c(/C=N/NC(=O)COc2cccc(Br)c2)c1. The molecule has 0 saturated heterocycles. The average Bonchev–Trinajstić information content (AvgIpc) is 2.55. The Kier molecular flexibility index (Phi) is 6.61. The summed E-state index contributed by atoms with van der Waals surface area (Å²) in [4.78, 5) is 11.7. The molecule has 0 bridgehead atoms. The molecule has 0 aliphatic carbocycles. The van der Waals surface area contributed by atoms with Crippen molar-refractivity contribution in [3.8, 4) is 11.5 Å². The number of amides is 1. The standard InChI is InChI=1S/C16H14Br2N2O3/c1-22-13-5-6-15(18)11(7-13)9-19-20-16(21)10-23-14-4-2-3-12(17)8-14/h2-9H,10H2,1H3,(H,20,21)/b19-9+. The minimum absolute atomic E-state index is 0.118. The predicted molar refractivity (Wildman–Crippen MR) is 96.1 cm³/mol. The molecule has 120 valence electrons. The van der Waals surface area contributed by atoms with Gasteiger partial charge >= 0.3 is 0 Å². The van der Waals surface area contributed by atoms with Crippen molar-refractivity contribution < 1.29 is 14.3 Å². The Bertz CT molecular complexity index is 720. The molecule has 2 rings (SSSR count). The van der Waals surface area contributed by atoms with Gasteiger partial charge in [0, 0.05) is 14.5 Å². The molecule has 2 aromatic rings. The highest BCUT2D eigenvalue weighted by Gasteiger charge is 2.03. The van der Waals surface area contributed by atoms with Gasteiger partial charge in [0.05, 0.1) is 13.3 Å². The van der Waals surface area contributed by atoms with Crippen LogP contribution < -0.4 is 14.9 Å². The molecule has 0 aliphatic rings. The van der Waals surface area contributed by atoms with Gasteiger partial charge in [-0.15, -0.1) is 0 Å². The molecule has 1 N–H and O–H groups in total. The van der Waals surface area contributed by atoms with E-state index in [2.05, 4.69) is 42.4 Å². The van der Waals surface area contributed by atoms with Crippen LogP contribution >= 0.6 is 31.9 Å². The molecular weight excluding hydrogens is 428 g/mol. The van der Waals surface area contributed by atoms with Gasteiger partial charge in [-0.25, -0.2) is 5.43 Å². The maximum atomic E-state index is 11.7. The third kappa shape index (κ3) is 5.69. The lowest BCUT2D eigenvalue weighted by atomic mass is 10.2. The molecule has 0 aliphatic heterocycles. The summed E-state index contributed by atoms with van der Waals surface area (Å²) in [5, 5.41) is 3.91. The summed E-state index contributed by atoms with van der Waals surface area (Å²) in [7, 11) is 1.59. The first-order chi connectivity index (χ1) is 11.1. The van der Waals surface area contributed by atoms with Gasteiger partial charge in [-0.05, 0) is 36.4 Å². The van der Waals surface area contributed by atoms with E-state index >= 15 is 0 Å². The van der Waals surface area contributed by atoms with Gasteiger partial charge < -0.3 is 9.47 Å². The fourth-order valence-electron chi connectivity index (χ4n) is 1.66. The molecule has 0 atom stereocenters. The number of hydrogen-bond acceptors (Lipinski definition) is 4. The summed E-state index contributed by atoms with van der Waals surface area (Å²) in [6, 6.07) is 12.7. The van der Waals surface area contributed by atoms with Crippen LogP contribution in [0.3, 0.4) is 0 Å². The molecular formula is C16H14Br2N2O3. The lowest BCUT2D eigenvalue weighted by molar-refractivity contribution is -0.123. The number of carbonyl (C=O) groups excluding carboxylic acids is 1. The maximum absolute atomic E-state index is 11.7. The van der Waals surface area contributed by atoms with E-state index in [9.17, 15) is 4.79 Å². The van der Waals surface area contributed by atoms with E-state index in [4.69, 9.17) is 9.47 Å². The zero-order valence-electron chi connectivity index (χ0n) is 12.3. The van der Waals surface area contributed by atoms with Gasteiger partial charge in [0.25, 0.3) is 5.91 Å². The minimum Gasteiger partial charge on any atom is -0.497 e. The van der Waals surface area contributed by atoms with Gasteiger partial charge in [0.1, 0.15) is 11.5 Å². The van der Waals surface area contributed by atoms with E-state index in [1.807, 2.05) is 24.3 Å². The largest absolute Gasteiger partial charge is 0.497 e. The van der Waals surface area contributed by atoms with Crippen LogP contribution in [0.5, 0.6) is 11.5 Å². The number of ether oxygens (including phenoxy) is 2. The minimum atomic E-state index is -0.347. The second kappa shape index (κ2) is 8.69. The van der Waals surface area contributed by atoms with E-state index in [-0.39, 0.29) is 12.5 Å². The van der Waals surface area contributed by atoms with Crippen LogP contribution in [-0.2, 0) is 4.79 Å². The lowest BCUT2D eigenvalue weighted by Crippen LogP contribution is -2.24. The van der Waals surface area contributed by atoms with Crippen molar-refractivity contribution in [2.75, 3.05) is 13.7 Å². The second-order valence-electron chi connectivity index (χ2n) is 4.43. The Morgan fingerprint density at radius 1 is 1.22 bits per heavy atom. The van der Waals surface area contributed by atoms with Crippen molar-refractivity contribution in [3.05, 3.63) is 57.0 Å². The number of hydrogen-bond donors (Lipinski definition) is 1. The molecule has 0 spiro atoms. The van der Waals surface area contributed by atoms with Crippen molar-refractivity contribution in [1.29, 1.82) is 0 Å². The van der Waals surface area contributed by atoms with Crippen molar-refractivity contribution in [1.82, 2.24) is 5.43 Å². The van der Waals surface area contributed by atoms with E-state index in [0.29, 0.717) is 11.5 Å². The fourth-order valence-corrected chi connectivity index (χ4v) is 2.39. The summed E-state index contributed by atoms with van der Waals surface area (Å²) >= 11 is 6.74. The Morgan fingerprint density at radius 3 is 2.78 bits per heavy atom. The molecule has 0 saturated carbocycles. The zero-order chi connectivity index (χ0) is 16.7. The van der Waals surface area contributed by atoms with E-state index in [1.165, 1.54) is 6.21 Å². The molecule has 2 aromatic carbocycles. The first-order valence-electron chi connectivity index (χ1n) is 6.62. The van der Waals surface area contributed by atoms with E-state index in [1.54, 1.807) is 25.3 Å². The smallest absolute Gasteiger partial charge is 0.277 e. The van der Waals surface area contributed by atoms with Gasteiger partial charge in [0.15, 0.2) is 6.61 Å². The maximum Gasteiger partial charge on any atom is 0.277 e. The zero-order valence-corrected chi connectivity index (χ0v) is 15.4. The van der Waals surface area contributed by atoms with E-state index < -0.39 is 0 Å². The Morgan fingerprint density at radius 2 is 2.04 bits per heavy atom. The highest BCUT2D eigenvalue weighted by molar-refractivity contribution is 9.10. The Balaban J connectivity index is 1.86. The topological polar surface area (TPSA) is 59.9 Å². The van der Waals surface area contributed by atoms with Crippen molar-refractivity contribution in [2.45, 2.75) is 0 Å². The Hall–Kier alpha value is -1.86. The van der Waals surface area contributed by atoms with Crippen LogP contribution in [0.1, 0.15) is 5.56 Å². The molecule has 23 heavy (non-hydrogen) atoms. The average molecular weight is 442 g/mol. The molecule has 5 nitrogen and oxygen atoms in total. The first kappa shape index (κ1) is 17.5.